The number of methoxy groups -OCH3 is 1. The average Bonchev–Trinajstić information content (AvgIpc) is 3.58. The molecule has 5 heteroatoms. The van der Waals surface area contributed by atoms with Crippen molar-refractivity contribution in [2.75, 3.05) is 20.2 Å². The van der Waals surface area contributed by atoms with Gasteiger partial charge in [-0.3, -0.25) is 4.90 Å². The highest BCUT2D eigenvalue weighted by atomic mass is 16.6. The lowest BCUT2D eigenvalue weighted by Gasteiger charge is -2.75. The summed E-state index contributed by atoms with van der Waals surface area (Å²) in [5.41, 5.74) is -0.621. The largest absolute Gasteiger partial charge is 0.504 e. The van der Waals surface area contributed by atoms with Gasteiger partial charge in [-0.1, -0.05) is 26.8 Å². The lowest BCUT2D eigenvalue weighted by Crippen LogP contribution is -2.83. The van der Waals surface area contributed by atoms with E-state index in [9.17, 15) is 10.2 Å². The molecule has 5 aliphatic carbocycles. The average molecular weight is 470 g/mol. The molecule has 7 aliphatic rings. The first-order valence-electron chi connectivity index (χ1n) is 14.4. The van der Waals surface area contributed by atoms with E-state index in [1.807, 2.05) is 6.92 Å². The molecule has 4 saturated carbocycles. The van der Waals surface area contributed by atoms with E-state index < -0.39 is 11.2 Å². The van der Waals surface area contributed by atoms with E-state index in [-0.39, 0.29) is 52.1 Å². The molecule has 186 valence electrons. The summed E-state index contributed by atoms with van der Waals surface area (Å²) in [6.07, 6.45) is 6.56. The third-order valence-electron chi connectivity index (χ3n) is 11.7. The van der Waals surface area contributed by atoms with E-state index in [1.165, 1.54) is 12.8 Å². The fraction of sp³-hybridized carbons (Fsp3) is 0.793. The number of piperidine rings is 1. The molecule has 5 nitrogen and oxygen atoms in total. The molecule has 1 saturated heterocycles. The van der Waals surface area contributed by atoms with Gasteiger partial charge in [0.1, 0.15) is 11.7 Å². The number of aromatic hydroxyl groups is 1. The summed E-state index contributed by atoms with van der Waals surface area (Å²) in [6.45, 7) is 10.4. The number of hydrogen-bond acceptors (Lipinski definition) is 5. The van der Waals surface area contributed by atoms with Crippen molar-refractivity contribution >= 4 is 0 Å². The molecule has 8 rings (SSSR count). The molecule has 7 atom stereocenters. The molecule has 0 amide bonds. The Morgan fingerprint density at radius 1 is 1.21 bits per heavy atom. The number of phenolic OH excluding ortho intramolecular Hbond substituents is 1. The van der Waals surface area contributed by atoms with Gasteiger partial charge in [-0.2, -0.15) is 0 Å². The third-order valence-corrected chi connectivity index (χ3v) is 11.7. The van der Waals surface area contributed by atoms with Crippen LogP contribution in [-0.4, -0.2) is 58.7 Å². The summed E-state index contributed by atoms with van der Waals surface area (Å²) in [7, 11) is 1.77. The van der Waals surface area contributed by atoms with Gasteiger partial charge in [0.05, 0.1) is 8.34 Å². The first kappa shape index (κ1) is 19.8. The van der Waals surface area contributed by atoms with E-state index in [1.54, 1.807) is 7.11 Å². The maximum Gasteiger partial charge on any atom is 0.165 e. The lowest BCUT2D eigenvalue weighted by molar-refractivity contribution is -0.312. The van der Waals surface area contributed by atoms with Crippen molar-refractivity contribution in [2.45, 2.75) is 101 Å². The van der Waals surface area contributed by atoms with Gasteiger partial charge in [0.25, 0.3) is 0 Å². The van der Waals surface area contributed by atoms with Crippen LogP contribution >= 0.6 is 0 Å². The van der Waals surface area contributed by atoms with Crippen molar-refractivity contribution in [1.29, 1.82) is 0 Å². The van der Waals surface area contributed by atoms with Crippen LogP contribution in [0.5, 0.6) is 11.5 Å². The van der Waals surface area contributed by atoms with E-state index >= 15 is 0 Å². The fourth-order valence-electron chi connectivity index (χ4n) is 9.42. The van der Waals surface area contributed by atoms with Crippen LogP contribution < -0.4 is 4.74 Å². The Kier molecular flexibility index (Phi) is 3.69. The first-order valence-corrected chi connectivity index (χ1v) is 13.4. The Balaban J connectivity index is 1.50. The fourth-order valence-corrected chi connectivity index (χ4v) is 9.42. The van der Waals surface area contributed by atoms with Gasteiger partial charge in [-0.15, -0.1) is 0 Å². The molecule has 0 unspecified atom stereocenters. The number of aliphatic hydroxyl groups is 1. The van der Waals surface area contributed by atoms with Crippen molar-refractivity contribution in [3.05, 3.63) is 23.2 Å². The summed E-state index contributed by atoms with van der Waals surface area (Å²) in [5, 5.41) is 23.3. The molecule has 1 aromatic carbocycles. The first-order chi connectivity index (χ1) is 16.9. The zero-order valence-corrected chi connectivity index (χ0v) is 21.3. The molecular formula is C29H41NO4. The quantitative estimate of drug-likeness (QED) is 0.684. The predicted octanol–water partition coefficient (Wildman–Crippen LogP) is 4.41. The second kappa shape index (κ2) is 6.33. The van der Waals surface area contributed by atoms with Crippen molar-refractivity contribution in [2.24, 2.45) is 22.7 Å². The molecule has 0 radical (unpaired) electrons. The monoisotopic (exact) mass is 469 g/mol. The molecule has 2 aliphatic heterocycles. The summed E-state index contributed by atoms with van der Waals surface area (Å²) < 4.78 is 30.8. The van der Waals surface area contributed by atoms with Gasteiger partial charge in [0.2, 0.25) is 0 Å². The maximum atomic E-state index is 12.2. The van der Waals surface area contributed by atoms with Crippen molar-refractivity contribution < 1.29 is 22.4 Å². The van der Waals surface area contributed by atoms with Gasteiger partial charge in [-0.05, 0) is 81.4 Å². The van der Waals surface area contributed by atoms with Crippen LogP contribution in [0.4, 0.5) is 0 Å². The van der Waals surface area contributed by atoms with Gasteiger partial charge in [0.15, 0.2) is 11.5 Å². The van der Waals surface area contributed by atoms with Crippen molar-refractivity contribution in [3.8, 4) is 11.5 Å². The number of benzene rings is 1. The summed E-state index contributed by atoms with van der Waals surface area (Å²) in [6, 6.07) is 0.283. The summed E-state index contributed by atoms with van der Waals surface area (Å²) in [4.78, 5) is 2.70. The SMILES string of the molecule is [2H]c1c([2H])c2c3c(c1O)O[C@H]1[C@@]4(OC)CC[C@@]5(C[C@@H]4[C@](C)(O)C(C)(C)C)[C@@H](C2)N(CC2CC2)CC[C@]315. The van der Waals surface area contributed by atoms with Crippen LogP contribution in [-0.2, 0) is 16.6 Å². The Hall–Kier alpha value is -1.30. The maximum absolute atomic E-state index is 12.2. The molecule has 0 aromatic heterocycles. The number of hydrogen-bond donors (Lipinski definition) is 2. The number of likely N-dealkylation sites (tertiary alicyclic amines) is 1. The number of rotatable bonds is 4. The molecule has 4 bridgehead atoms. The molecule has 2 heterocycles. The number of phenols is 1. The van der Waals surface area contributed by atoms with E-state index in [4.69, 9.17) is 12.2 Å². The Bertz CT molecular complexity index is 1160. The highest BCUT2D eigenvalue weighted by Crippen LogP contribution is 2.78. The summed E-state index contributed by atoms with van der Waals surface area (Å²) >= 11 is 0. The zero-order valence-electron chi connectivity index (χ0n) is 23.3. The minimum Gasteiger partial charge on any atom is -0.504 e. The van der Waals surface area contributed by atoms with Crippen molar-refractivity contribution in [3.63, 3.8) is 0 Å². The van der Waals surface area contributed by atoms with Gasteiger partial charge < -0.3 is 19.7 Å². The van der Waals surface area contributed by atoms with Crippen LogP contribution in [0.25, 0.3) is 0 Å². The highest BCUT2D eigenvalue weighted by molar-refractivity contribution is 5.63. The standard InChI is InChI=1S/C29H41NO4/c1-25(2,3)26(4,32)20-15-27-10-11-29(20,33-5)24-28(27)12-13-30(16-17-6-7-17)21(27)14-18-8-9-19(31)23(34-24)22(18)28/h8-9,17,20-21,24,31-32H,6-7,10-16H2,1-5H3/t20-,21-,24-,26+,27-,28+,29-/m1/s1/i8D,9D. The van der Waals surface area contributed by atoms with Crippen LogP contribution in [0.2, 0.25) is 0 Å². The van der Waals surface area contributed by atoms with Gasteiger partial charge in [-0.25, -0.2) is 0 Å². The minimum absolute atomic E-state index is 0.119. The summed E-state index contributed by atoms with van der Waals surface area (Å²) in [5.74, 6) is 0.869. The number of nitrogens with zero attached hydrogens (tertiary/aromatic N) is 1. The topological polar surface area (TPSA) is 62.2 Å². The zero-order chi connectivity index (χ0) is 25.6. The molecule has 1 aromatic rings. The Labute approximate surface area is 206 Å². The van der Waals surface area contributed by atoms with Crippen LogP contribution in [0.3, 0.4) is 0 Å². The molecule has 2 spiro atoms. The number of ether oxygens (including phenoxy) is 2. The Morgan fingerprint density at radius 3 is 2.65 bits per heavy atom. The van der Waals surface area contributed by atoms with E-state index in [0.717, 1.165) is 62.2 Å². The minimum atomic E-state index is -0.991. The normalized spacial score (nSPS) is 44.7. The molecule has 5 fully saturated rings. The number of fused-ring (bicyclic) bond motifs is 2. The second-order valence-electron chi connectivity index (χ2n) is 13.6. The van der Waals surface area contributed by atoms with Gasteiger partial charge in [0, 0.05) is 42.0 Å². The smallest absolute Gasteiger partial charge is 0.165 e. The van der Waals surface area contributed by atoms with Crippen LogP contribution in [0, 0.1) is 22.7 Å². The molecular weight excluding hydrogens is 426 g/mol. The Morgan fingerprint density at radius 2 is 1.97 bits per heavy atom. The van der Waals surface area contributed by atoms with Gasteiger partial charge >= 0.3 is 0 Å². The van der Waals surface area contributed by atoms with Crippen LogP contribution in [0.1, 0.15) is 80.1 Å². The molecule has 2 N–H and O–H groups in total. The van der Waals surface area contributed by atoms with Crippen molar-refractivity contribution in [1.82, 2.24) is 4.90 Å². The lowest BCUT2D eigenvalue weighted by atomic mass is 9.33. The van der Waals surface area contributed by atoms with Crippen LogP contribution in [0.15, 0.2) is 12.1 Å². The third kappa shape index (κ3) is 2.25. The predicted molar refractivity (Wildman–Crippen MR) is 130 cm³/mol. The van der Waals surface area contributed by atoms with E-state index in [2.05, 4.69) is 25.7 Å². The van der Waals surface area contributed by atoms with E-state index in [0.29, 0.717) is 5.75 Å². The molecule has 34 heavy (non-hydrogen) atoms. The second-order valence-corrected chi connectivity index (χ2v) is 13.6. The highest BCUT2D eigenvalue weighted by Gasteiger charge is 2.82.